The van der Waals surface area contributed by atoms with E-state index in [2.05, 4.69) is 28.2 Å². The molecule has 0 saturated heterocycles. The summed E-state index contributed by atoms with van der Waals surface area (Å²) in [5.74, 6) is -0.558. The van der Waals surface area contributed by atoms with Crippen LogP contribution in [0.25, 0.3) is 0 Å². The van der Waals surface area contributed by atoms with E-state index in [0.29, 0.717) is 23.4 Å². The topological polar surface area (TPSA) is 99.3 Å². The summed E-state index contributed by atoms with van der Waals surface area (Å²) in [4.78, 5) is 35.7. The third-order valence-electron chi connectivity index (χ3n) is 4.05. The predicted molar refractivity (Wildman–Crippen MR) is 111 cm³/mol. The fraction of sp³-hybridized carbons (Fsp3) is 0.286. The van der Waals surface area contributed by atoms with Gasteiger partial charge in [-0.1, -0.05) is 19.4 Å². The summed E-state index contributed by atoms with van der Waals surface area (Å²) in [5, 5.41) is 11.2. The van der Waals surface area contributed by atoms with Crippen molar-refractivity contribution in [2.24, 2.45) is 0 Å². The molecule has 2 aromatic carbocycles. The van der Waals surface area contributed by atoms with Gasteiger partial charge in [-0.25, -0.2) is 0 Å². The first-order valence-corrected chi connectivity index (χ1v) is 9.27. The Morgan fingerprint density at radius 2 is 1.64 bits per heavy atom. The monoisotopic (exact) mass is 382 g/mol. The normalized spacial score (nSPS) is 10.1. The molecule has 0 atom stereocenters. The van der Waals surface area contributed by atoms with E-state index in [-0.39, 0.29) is 24.3 Å². The van der Waals surface area contributed by atoms with Gasteiger partial charge in [-0.3, -0.25) is 14.4 Å². The lowest BCUT2D eigenvalue weighted by Crippen LogP contribution is -2.24. The van der Waals surface area contributed by atoms with Crippen molar-refractivity contribution in [1.29, 1.82) is 0 Å². The van der Waals surface area contributed by atoms with Gasteiger partial charge in [0.1, 0.15) is 0 Å². The van der Waals surface area contributed by atoms with E-state index in [4.69, 9.17) is 0 Å². The molecule has 0 unspecified atom stereocenters. The Bertz CT molecular complexity index is 819. The van der Waals surface area contributed by atoms with Crippen LogP contribution in [-0.2, 0) is 4.79 Å². The van der Waals surface area contributed by atoms with E-state index >= 15 is 0 Å². The van der Waals surface area contributed by atoms with Crippen LogP contribution in [0.5, 0.6) is 0 Å². The van der Waals surface area contributed by atoms with Gasteiger partial charge in [0.25, 0.3) is 11.8 Å². The molecule has 0 spiro atoms. The summed E-state index contributed by atoms with van der Waals surface area (Å²) in [6, 6.07) is 13.7. The van der Waals surface area contributed by atoms with E-state index in [1.807, 2.05) is 0 Å². The van der Waals surface area contributed by atoms with Crippen molar-refractivity contribution in [3.63, 3.8) is 0 Å². The zero-order valence-electron chi connectivity index (χ0n) is 16.2. The summed E-state index contributed by atoms with van der Waals surface area (Å²) >= 11 is 0. The second-order valence-corrected chi connectivity index (χ2v) is 6.25. The van der Waals surface area contributed by atoms with Crippen molar-refractivity contribution in [3.8, 4) is 0 Å². The average Bonchev–Trinajstić information content (AvgIpc) is 2.72. The maximum absolute atomic E-state index is 12.1. The first-order chi connectivity index (χ1) is 13.5. The van der Waals surface area contributed by atoms with Gasteiger partial charge in [-0.15, -0.1) is 0 Å². The standard InChI is InChI=1S/C21H26N4O3/c1-3-4-12-23-21(28)15-8-10-17(11-9-15)24-14-19(26)25-18-7-5-6-16(13-18)20(27)22-2/h5-11,13,24H,3-4,12,14H2,1-2H3,(H,22,27)(H,23,28)(H,25,26). The summed E-state index contributed by atoms with van der Waals surface area (Å²) in [5.41, 5.74) is 2.34. The molecule has 0 fully saturated rings. The highest BCUT2D eigenvalue weighted by atomic mass is 16.2. The number of anilines is 2. The quantitative estimate of drug-likeness (QED) is 0.501. The van der Waals surface area contributed by atoms with Gasteiger partial charge in [0.05, 0.1) is 6.54 Å². The van der Waals surface area contributed by atoms with Crippen LogP contribution in [0.2, 0.25) is 0 Å². The number of carbonyl (C=O) groups is 3. The van der Waals surface area contributed by atoms with Gasteiger partial charge in [0.15, 0.2) is 0 Å². The SMILES string of the molecule is CCCCNC(=O)c1ccc(NCC(=O)Nc2cccc(C(=O)NC)c2)cc1. The highest BCUT2D eigenvalue weighted by Gasteiger charge is 2.07. The summed E-state index contributed by atoms with van der Waals surface area (Å²) in [6.45, 7) is 2.80. The summed E-state index contributed by atoms with van der Waals surface area (Å²) in [7, 11) is 1.55. The molecular formula is C21H26N4O3. The second-order valence-electron chi connectivity index (χ2n) is 6.25. The van der Waals surface area contributed by atoms with E-state index in [9.17, 15) is 14.4 Å². The zero-order valence-corrected chi connectivity index (χ0v) is 16.2. The van der Waals surface area contributed by atoms with Gasteiger partial charge in [0.2, 0.25) is 5.91 Å². The predicted octanol–water partition coefficient (Wildman–Crippen LogP) is 2.63. The first-order valence-electron chi connectivity index (χ1n) is 9.27. The van der Waals surface area contributed by atoms with E-state index in [0.717, 1.165) is 18.5 Å². The molecule has 2 rings (SSSR count). The Hall–Kier alpha value is -3.35. The van der Waals surface area contributed by atoms with Gasteiger partial charge < -0.3 is 21.3 Å². The number of benzene rings is 2. The third kappa shape index (κ3) is 6.42. The molecule has 7 heteroatoms. The molecule has 3 amide bonds. The Labute approximate surface area is 164 Å². The van der Waals surface area contributed by atoms with Crippen molar-refractivity contribution in [1.82, 2.24) is 10.6 Å². The maximum Gasteiger partial charge on any atom is 0.251 e. The highest BCUT2D eigenvalue weighted by Crippen LogP contribution is 2.12. The van der Waals surface area contributed by atoms with Crippen LogP contribution in [-0.4, -0.2) is 37.9 Å². The van der Waals surface area contributed by atoms with Crippen LogP contribution < -0.4 is 21.3 Å². The first kappa shape index (κ1) is 21.0. The molecule has 0 aliphatic rings. The van der Waals surface area contributed by atoms with Gasteiger partial charge in [-0.05, 0) is 48.9 Å². The van der Waals surface area contributed by atoms with E-state index < -0.39 is 0 Å². The molecule has 0 saturated carbocycles. The van der Waals surface area contributed by atoms with E-state index in [1.54, 1.807) is 55.6 Å². The minimum Gasteiger partial charge on any atom is -0.376 e. The Morgan fingerprint density at radius 1 is 0.893 bits per heavy atom. The van der Waals surface area contributed by atoms with Gasteiger partial charge in [0, 0.05) is 36.1 Å². The lowest BCUT2D eigenvalue weighted by molar-refractivity contribution is -0.114. The molecule has 0 aromatic heterocycles. The van der Waals surface area contributed by atoms with Crippen LogP contribution in [0.4, 0.5) is 11.4 Å². The maximum atomic E-state index is 12.1. The minimum atomic E-state index is -0.240. The van der Waals surface area contributed by atoms with Crippen molar-refractivity contribution in [2.45, 2.75) is 19.8 Å². The van der Waals surface area contributed by atoms with Crippen LogP contribution >= 0.6 is 0 Å². The highest BCUT2D eigenvalue weighted by molar-refractivity contribution is 5.98. The number of amides is 3. The number of hydrogen-bond acceptors (Lipinski definition) is 4. The number of rotatable bonds is 9. The van der Waals surface area contributed by atoms with Crippen LogP contribution in [0, 0.1) is 0 Å². The number of carbonyl (C=O) groups excluding carboxylic acids is 3. The van der Waals surface area contributed by atoms with Crippen LogP contribution in [0.15, 0.2) is 48.5 Å². The number of hydrogen-bond donors (Lipinski definition) is 4. The smallest absolute Gasteiger partial charge is 0.251 e. The fourth-order valence-electron chi connectivity index (χ4n) is 2.49. The largest absolute Gasteiger partial charge is 0.376 e. The van der Waals surface area contributed by atoms with Gasteiger partial charge >= 0.3 is 0 Å². The Kier molecular flexibility index (Phi) is 8.02. The van der Waals surface area contributed by atoms with Crippen LogP contribution in [0.3, 0.4) is 0 Å². The Morgan fingerprint density at radius 3 is 2.32 bits per heavy atom. The third-order valence-corrected chi connectivity index (χ3v) is 4.05. The second kappa shape index (κ2) is 10.7. The number of unbranched alkanes of at least 4 members (excludes halogenated alkanes) is 1. The average molecular weight is 382 g/mol. The minimum absolute atomic E-state index is 0.0618. The summed E-state index contributed by atoms with van der Waals surface area (Å²) in [6.07, 6.45) is 1.98. The number of nitrogens with one attached hydrogen (secondary N) is 4. The molecule has 0 heterocycles. The van der Waals surface area contributed by atoms with Crippen molar-refractivity contribution in [3.05, 3.63) is 59.7 Å². The molecule has 28 heavy (non-hydrogen) atoms. The van der Waals surface area contributed by atoms with Crippen molar-refractivity contribution < 1.29 is 14.4 Å². The molecular weight excluding hydrogens is 356 g/mol. The van der Waals surface area contributed by atoms with E-state index in [1.165, 1.54) is 0 Å². The fourth-order valence-corrected chi connectivity index (χ4v) is 2.49. The molecule has 2 aromatic rings. The lowest BCUT2D eigenvalue weighted by Gasteiger charge is -2.10. The molecule has 148 valence electrons. The van der Waals surface area contributed by atoms with Crippen LogP contribution in [0.1, 0.15) is 40.5 Å². The molecule has 0 aliphatic heterocycles. The molecule has 0 radical (unpaired) electrons. The van der Waals surface area contributed by atoms with Crippen molar-refractivity contribution in [2.75, 3.05) is 30.8 Å². The molecule has 0 bridgehead atoms. The lowest BCUT2D eigenvalue weighted by atomic mass is 10.2. The van der Waals surface area contributed by atoms with Gasteiger partial charge in [-0.2, -0.15) is 0 Å². The summed E-state index contributed by atoms with van der Waals surface area (Å²) < 4.78 is 0. The molecule has 7 nitrogen and oxygen atoms in total. The van der Waals surface area contributed by atoms with Crippen molar-refractivity contribution >= 4 is 29.1 Å². The zero-order chi connectivity index (χ0) is 20.4. The molecule has 4 N–H and O–H groups in total. The molecule has 0 aliphatic carbocycles. The Balaban J connectivity index is 1.84.